The Morgan fingerprint density at radius 2 is 1.95 bits per heavy atom. The largest absolute Gasteiger partial charge is 0.370 e. The van der Waals surface area contributed by atoms with Crippen LogP contribution in [0, 0.1) is 6.92 Å². The van der Waals surface area contributed by atoms with E-state index < -0.39 is 0 Å². The summed E-state index contributed by atoms with van der Waals surface area (Å²) in [4.78, 5) is 13.7. The van der Waals surface area contributed by atoms with E-state index in [4.69, 9.17) is 4.98 Å². The van der Waals surface area contributed by atoms with Crippen LogP contribution >= 0.6 is 0 Å². The molecule has 0 fully saturated rings. The van der Waals surface area contributed by atoms with E-state index in [-0.39, 0.29) is 0 Å². The van der Waals surface area contributed by atoms with Crippen LogP contribution in [0.2, 0.25) is 0 Å². The number of nitrogens with one attached hydrogen (secondary N) is 1. The van der Waals surface area contributed by atoms with Crippen LogP contribution in [0.5, 0.6) is 0 Å². The third-order valence-electron chi connectivity index (χ3n) is 3.52. The van der Waals surface area contributed by atoms with E-state index in [0.717, 1.165) is 55.4 Å². The zero-order valence-corrected chi connectivity index (χ0v) is 13.5. The highest BCUT2D eigenvalue weighted by molar-refractivity contribution is 5.56. The van der Waals surface area contributed by atoms with Gasteiger partial charge in [0.1, 0.15) is 11.5 Å². The van der Waals surface area contributed by atoms with E-state index in [1.807, 2.05) is 12.5 Å². The molecule has 2 aromatic heterocycles. The van der Waals surface area contributed by atoms with Gasteiger partial charge in [0.2, 0.25) is 0 Å². The molecule has 0 spiro atoms. The average Bonchev–Trinajstić information content (AvgIpc) is 2.93. The minimum atomic E-state index is 0.759. The highest BCUT2D eigenvalue weighted by Crippen LogP contribution is 2.23. The second kappa shape index (κ2) is 7.20. The summed E-state index contributed by atoms with van der Waals surface area (Å²) < 4.78 is 2.12. The molecule has 0 saturated heterocycles. The van der Waals surface area contributed by atoms with Gasteiger partial charge in [-0.1, -0.05) is 20.8 Å². The van der Waals surface area contributed by atoms with Crippen molar-refractivity contribution >= 4 is 5.82 Å². The van der Waals surface area contributed by atoms with E-state index in [9.17, 15) is 0 Å². The molecule has 0 bridgehead atoms. The van der Waals surface area contributed by atoms with Crippen LogP contribution in [0.4, 0.5) is 5.82 Å². The number of hydrogen-bond donors (Lipinski definition) is 1. The predicted octanol–water partition coefficient (Wildman–Crippen LogP) is 3.44. The van der Waals surface area contributed by atoms with Gasteiger partial charge in [0, 0.05) is 24.3 Å². The fraction of sp³-hybridized carbons (Fsp3) is 0.562. The van der Waals surface area contributed by atoms with Crippen molar-refractivity contribution in [3.63, 3.8) is 0 Å². The summed E-state index contributed by atoms with van der Waals surface area (Å²) in [5.74, 6) is 1.72. The molecule has 0 aliphatic heterocycles. The van der Waals surface area contributed by atoms with Crippen LogP contribution in [0.1, 0.15) is 44.9 Å². The van der Waals surface area contributed by atoms with Gasteiger partial charge in [0.05, 0.1) is 12.5 Å². The quantitative estimate of drug-likeness (QED) is 0.847. The summed E-state index contributed by atoms with van der Waals surface area (Å²) in [5, 5.41) is 3.43. The van der Waals surface area contributed by atoms with Crippen LogP contribution < -0.4 is 5.32 Å². The van der Waals surface area contributed by atoms with Crippen molar-refractivity contribution in [2.75, 3.05) is 11.9 Å². The Labute approximate surface area is 126 Å². The van der Waals surface area contributed by atoms with Gasteiger partial charge in [0.15, 0.2) is 5.82 Å². The average molecular weight is 287 g/mol. The molecule has 5 heteroatoms. The van der Waals surface area contributed by atoms with Gasteiger partial charge >= 0.3 is 0 Å². The first-order valence-electron chi connectivity index (χ1n) is 7.83. The molecule has 0 unspecified atom stereocenters. The summed E-state index contributed by atoms with van der Waals surface area (Å²) >= 11 is 0. The van der Waals surface area contributed by atoms with Crippen LogP contribution in [-0.2, 0) is 13.0 Å². The van der Waals surface area contributed by atoms with Crippen LogP contribution in [0.25, 0.3) is 11.5 Å². The topological polar surface area (TPSA) is 55.6 Å². The van der Waals surface area contributed by atoms with Crippen molar-refractivity contribution in [2.24, 2.45) is 0 Å². The standard InChI is InChI=1S/C16H25N5/c1-5-8-18-15-13(7-3)12(4)19-16(20-15)14-10-17-11-21(14)9-6-2/h10-11H,5-9H2,1-4H3,(H,18,19,20). The lowest BCUT2D eigenvalue weighted by Crippen LogP contribution is -2.10. The van der Waals surface area contributed by atoms with Gasteiger partial charge < -0.3 is 9.88 Å². The molecule has 5 nitrogen and oxygen atoms in total. The van der Waals surface area contributed by atoms with E-state index in [1.165, 1.54) is 5.56 Å². The first kappa shape index (κ1) is 15.5. The smallest absolute Gasteiger partial charge is 0.180 e. The molecule has 0 aliphatic rings. The van der Waals surface area contributed by atoms with Crippen molar-refractivity contribution in [2.45, 2.75) is 53.5 Å². The normalized spacial score (nSPS) is 10.9. The highest BCUT2D eigenvalue weighted by atomic mass is 15.1. The van der Waals surface area contributed by atoms with Gasteiger partial charge in [-0.05, 0) is 26.2 Å². The molecule has 0 aromatic carbocycles. The molecule has 0 aliphatic carbocycles. The molecule has 2 rings (SSSR count). The zero-order chi connectivity index (χ0) is 15.2. The maximum Gasteiger partial charge on any atom is 0.180 e. The second-order valence-electron chi connectivity index (χ2n) is 5.21. The molecule has 2 heterocycles. The maximum atomic E-state index is 4.74. The van der Waals surface area contributed by atoms with Crippen molar-refractivity contribution in [1.82, 2.24) is 19.5 Å². The van der Waals surface area contributed by atoms with Crippen LogP contribution in [-0.4, -0.2) is 26.1 Å². The van der Waals surface area contributed by atoms with Crippen molar-refractivity contribution in [1.29, 1.82) is 0 Å². The second-order valence-corrected chi connectivity index (χ2v) is 5.21. The van der Waals surface area contributed by atoms with E-state index in [1.54, 1.807) is 0 Å². The summed E-state index contributed by atoms with van der Waals surface area (Å²) in [7, 11) is 0. The van der Waals surface area contributed by atoms with Gasteiger partial charge in [0.25, 0.3) is 0 Å². The molecule has 0 atom stereocenters. The van der Waals surface area contributed by atoms with Crippen LogP contribution in [0.15, 0.2) is 12.5 Å². The number of aromatic nitrogens is 4. The Kier molecular flexibility index (Phi) is 5.31. The first-order valence-corrected chi connectivity index (χ1v) is 7.83. The zero-order valence-electron chi connectivity index (χ0n) is 13.5. The fourth-order valence-electron chi connectivity index (χ4n) is 2.45. The molecule has 0 radical (unpaired) electrons. The van der Waals surface area contributed by atoms with Crippen molar-refractivity contribution in [3.05, 3.63) is 23.8 Å². The molecule has 0 saturated carbocycles. The lowest BCUT2D eigenvalue weighted by molar-refractivity contribution is 0.681. The predicted molar refractivity (Wildman–Crippen MR) is 86.4 cm³/mol. The molecular formula is C16H25N5. The first-order chi connectivity index (χ1) is 10.2. The molecular weight excluding hydrogens is 262 g/mol. The maximum absolute atomic E-state index is 4.74. The molecule has 114 valence electrons. The summed E-state index contributed by atoms with van der Waals surface area (Å²) in [6.45, 7) is 10.4. The van der Waals surface area contributed by atoms with Gasteiger partial charge in [-0.15, -0.1) is 0 Å². The number of aryl methyl sites for hydroxylation is 2. The Morgan fingerprint density at radius 1 is 1.14 bits per heavy atom. The Bertz CT molecular complexity index is 588. The van der Waals surface area contributed by atoms with Crippen LogP contribution in [0.3, 0.4) is 0 Å². The lowest BCUT2D eigenvalue weighted by Gasteiger charge is -2.14. The van der Waals surface area contributed by atoms with E-state index in [0.29, 0.717) is 0 Å². The number of nitrogens with zero attached hydrogens (tertiary/aromatic N) is 4. The van der Waals surface area contributed by atoms with Gasteiger partial charge in [-0.3, -0.25) is 0 Å². The Morgan fingerprint density at radius 3 is 2.62 bits per heavy atom. The number of hydrogen-bond acceptors (Lipinski definition) is 4. The monoisotopic (exact) mass is 287 g/mol. The Hall–Kier alpha value is -1.91. The van der Waals surface area contributed by atoms with E-state index >= 15 is 0 Å². The minimum Gasteiger partial charge on any atom is -0.370 e. The Balaban J connectivity index is 2.44. The van der Waals surface area contributed by atoms with Crippen molar-refractivity contribution < 1.29 is 0 Å². The highest BCUT2D eigenvalue weighted by Gasteiger charge is 2.14. The minimum absolute atomic E-state index is 0.759. The fourth-order valence-corrected chi connectivity index (χ4v) is 2.45. The molecule has 0 amide bonds. The lowest BCUT2D eigenvalue weighted by atomic mass is 10.1. The summed E-state index contributed by atoms with van der Waals surface area (Å²) in [6, 6.07) is 0. The third-order valence-corrected chi connectivity index (χ3v) is 3.52. The van der Waals surface area contributed by atoms with Gasteiger partial charge in [-0.2, -0.15) is 0 Å². The number of anilines is 1. The molecule has 2 aromatic rings. The number of rotatable bonds is 7. The van der Waals surface area contributed by atoms with Gasteiger partial charge in [-0.25, -0.2) is 15.0 Å². The molecule has 1 N–H and O–H groups in total. The third kappa shape index (κ3) is 3.40. The van der Waals surface area contributed by atoms with Crippen molar-refractivity contribution in [3.8, 4) is 11.5 Å². The summed E-state index contributed by atoms with van der Waals surface area (Å²) in [6.07, 6.45) is 6.78. The SMILES string of the molecule is CCCNc1nc(-c2cncn2CCC)nc(C)c1CC. The molecule has 21 heavy (non-hydrogen) atoms. The summed E-state index contributed by atoms with van der Waals surface area (Å²) in [5.41, 5.74) is 3.24. The van der Waals surface area contributed by atoms with E-state index in [2.05, 4.69) is 47.5 Å². The number of imidazole rings is 1.